The lowest BCUT2D eigenvalue weighted by molar-refractivity contribution is 0.244. The molecule has 5 nitrogen and oxygen atoms in total. The lowest BCUT2D eigenvalue weighted by atomic mass is 9.87. The Morgan fingerprint density at radius 2 is 1.75 bits per heavy atom. The molecule has 2 N–H and O–H groups in total. The molecular weight excluding hydrogens is 302 g/mol. The third-order valence-electron chi connectivity index (χ3n) is 3.75. The van der Waals surface area contributed by atoms with Gasteiger partial charge in [0.1, 0.15) is 5.75 Å². The van der Waals surface area contributed by atoms with Crippen molar-refractivity contribution in [2.45, 2.75) is 32.8 Å². The second-order valence-corrected chi connectivity index (χ2v) is 6.67. The van der Waals surface area contributed by atoms with E-state index in [4.69, 9.17) is 15.0 Å². The molecule has 1 aromatic heterocycles. The SMILES string of the molecule is CC(C)(C)c1ccc(-c2noc(COc3ccccc3N)n2)cc1. The summed E-state index contributed by atoms with van der Waals surface area (Å²) in [6.45, 7) is 6.73. The van der Waals surface area contributed by atoms with Crippen LogP contribution in [-0.2, 0) is 12.0 Å². The maximum absolute atomic E-state index is 5.84. The maximum atomic E-state index is 5.84. The van der Waals surface area contributed by atoms with Crippen LogP contribution in [0.4, 0.5) is 5.69 Å². The first-order chi connectivity index (χ1) is 11.4. The molecule has 0 aliphatic carbocycles. The summed E-state index contributed by atoms with van der Waals surface area (Å²) in [6.07, 6.45) is 0. The predicted molar refractivity (Wildman–Crippen MR) is 93.6 cm³/mol. The van der Waals surface area contributed by atoms with Crippen LogP contribution in [0.3, 0.4) is 0 Å². The minimum atomic E-state index is 0.115. The monoisotopic (exact) mass is 323 g/mol. The average molecular weight is 323 g/mol. The Kier molecular flexibility index (Phi) is 4.25. The number of para-hydroxylation sites is 2. The summed E-state index contributed by atoms with van der Waals surface area (Å²) < 4.78 is 10.9. The maximum Gasteiger partial charge on any atom is 0.264 e. The predicted octanol–water partition coefficient (Wildman–Crippen LogP) is 4.20. The Balaban J connectivity index is 1.70. The van der Waals surface area contributed by atoms with Crippen molar-refractivity contribution in [2.24, 2.45) is 0 Å². The van der Waals surface area contributed by atoms with E-state index < -0.39 is 0 Å². The van der Waals surface area contributed by atoms with Crippen LogP contribution in [0.2, 0.25) is 0 Å². The highest BCUT2D eigenvalue weighted by molar-refractivity contribution is 5.55. The number of rotatable bonds is 4. The van der Waals surface area contributed by atoms with Crippen molar-refractivity contribution in [1.82, 2.24) is 10.1 Å². The summed E-state index contributed by atoms with van der Waals surface area (Å²) in [5, 5.41) is 4.02. The van der Waals surface area contributed by atoms with Gasteiger partial charge in [0.05, 0.1) is 5.69 Å². The summed E-state index contributed by atoms with van der Waals surface area (Å²) in [6, 6.07) is 15.5. The number of benzene rings is 2. The van der Waals surface area contributed by atoms with Crippen LogP contribution in [0.25, 0.3) is 11.4 Å². The van der Waals surface area contributed by atoms with E-state index in [0.29, 0.717) is 23.2 Å². The smallest absolute Gasteiger partial charge is 0.264 e. The zero-order chi connectivity index (χ0) is 17.2. The Morgan fingerprint density at radius 3 is 2.42 bits per heavy atom. The summed E-state index contributed by atoms with van der Waals surface area (Å²) in [7, 11) is 0. The molecule has 0 fully saturated rings. The van der Waals surface area contributed by atoms with Crippen molar-refractivity contribution in [1.29, 1.82) is 0 Å². The minimum absolute atomic E-state index is 0.115. The molecule has 0 saturated carbocycles. The van der Waals surface area contributed by atoms with Crippen molar-refractivity contribution in [3.8, 4) is 17.1 Å². The number of nitrogen functional groups attached to an aromatic ring is 1. The van der Waals surface area contributed by atoms with Gasteiger partial charge in [0.15, 0.2) is 6.61 Å². The minimum Gasteiger partial charge on any atom is -0.482 e. The van der Waals surface area contributed by atoms with Crippen LogP contribution in [0, 0.1) is 0 Å². The fraction of sp³-hybridized carbons (Fsp3) is 0.263. The quantitative estimate of drug-likeness (QED) is 0.729. The third kappa shape index (κ3) is 3.56. The van der Waals surface area contributed by atoms with Crippen LogP contribution >= 0.6 is 0 Å². The summed E-state index contributed by atoms with van der Waals surface area (Å²) in [5.74, 6) is 1.56. The number of nitrogens with two attached hydrogens (primary N) is 1. The molecule has 0 unspecified atom stereocenters. The number of nitrogens with zero attached hydrogens (tertiary/aromatic N) is 2. The lowest BCUT2D eigenvalue weighted by Gasteiger charge is -2.18. The fourth-order valence-electron chi connectivity index (χ4n) is 2.30. The van der Waals surface area contributed by atoms with E-state index in [1.54, 1.807) is 12.1 Å². The topological polar surface area (TPSA) is 74.2 Å². The van der Waals surface area contributed by atoms with Gasteiger partial charge in [0, 0.05) is 5.56 Å². The first-order valence-corrected chi connectivity index (χ1v) is 7.84. The summed E-state index contributed by atoms with van der Waals surface area (Å²) in [5.41, 5.74) is 8.71. The molecule has 0 saturated heterocycles. The number of anilines is 1. The van der Waals surface area contributed by atoms with Crippen molar-refractivity contribution in [2.75, 3.05) is 5.73 Å². The molecule has 3 aromatic rings. The van der Waals surface area contributed by atoms with Crippen LogP contribution < -0.4 is 10.5 Å². The van der Waals surface area contributed by atoms with Crippen LogP contribution in [0.15, 0.2) is 53.1 Å². The molecule has 1 heterocycles. The first-order valence-electron chi connectivity index (χ1n) is 7.84. The average Bonchev–Trinajstić information content (AvgIpc) is 3.02. The number of aromatic nitrogens is 2. The third-order valence-corrected chi connectivity index (χ3v) is 3.75. The molecule has 24 heavy (non-hydrogen) atoms. The van der Waals surface area contributed by atoms with Gasteiger partial charge in [-0.05, 0) is 23.1 Å². The Labute approximate surface area is 141 Å². The van der Waals surface area contributed by atoms with Crippen molar-refractivity contribution >= 4 is 5.69 Å². The van der Waals surface area contributed by atoms with Gasteiger partial charge in [-0.15, -0.1) is 0 Å². The van der Waals surface area contributed by atoms with Crippen molar-refractivity contribution < 1.29 is 9.26 Å². The Bertz CT molecular complexity index is 817. The highest BCUT2D eigenvalue weighted by Gasteiger charge is 2.15. The van der Waals surface area contributed by atoms with Gasteiger partial charge >= 0.3 is 0 Å². The molecule has 124 valence electrons. The normalized spacial score (nSPS) is 11.5. The molecule has 0 aliphatic heterocycles. The molecular formula is C19H21N3O2. The van der Waals surface area contributed by atoms with Crippen molar-refractivity contribution in [3.63, 3.8) is 0 Å². The summed E-state index contributed by atoms with van der Waals surface area (Å²) in [4.78, 5) is 4.37. The van der Waals surface area contributed by atoms with E-state index >= 15 is 0 Å². The van der Waals surface area contributed by atoms with Gasteiger partial charge in [-0.25, -0.2) is 0 Å². The zero-order valence-corrected chi connectivity index (χ0v) is 14.1. The van der Waals surface area contributed by atoms with Gasteiger partial charge in [-0.3, -0.25) is 0 Å². The number of ether oxygens (including phenoxy) is 1. The first kappa shape index (κ1) is 16.1. The largest absolute Gasteiger partial charge is 0.482 e. The highest BCUT2D eigenvalue weighted by atomic mass is 16.5. The van der Waals surface area contributed by atoms with E-state index in [2.05, 4.69) is 43.0 Å². The molecule has 0 bridgehead atoms. The molecule has 0 atom stereocenters. The van der Waals surface area contributed by atoms with Crippen LogP contribution in [-0.4, -0.2) is 10.1 Å². The number of hydrogen-bond donors (Lipinski definition) is 1. The standard InChI is InChI=1S/C19H21N3O2/c1-19(2,3)14-10-8-13(9-11-14)18-21-17(24-22-18)12-23-16-7-5-4-6-15(16)20/h4-11H,12,20H2,1-3H3. The van der Waals surface area contributed by atoms with Gasteiger partial charge < -0.3 is 15.0 Å². The molecule has 0 radical (unpaired) electrons. The highest BCUT2D eigenvalue weighted by Crippen LogP contribution is 2.25. The van der Waals surface area contributed by atoms with Crippen LogP contribution in [0.5, 0.6) is 5.75 Å². The molecule has 0 aliphatic rings. The van der Waals surface area contributed by atoms with Gasteiger partial charge in [-0.2, -0.15) is 4.98 Å². The molecule has 3 rings (SSSR count). The van der Waals surface area contributed by atoms with E-state index in [9.17, 15) is 0 Å². The zero-order valence-electron chi connectivity index (χ0n) is 14.1. The second-order valence-electron chi connectivity index (χ2n) is 6.67. The van der Waals surface area contributed by atoms with Crippen LogP contribution in [0.1, 0.15) is 32.2 Å². The van der Waals surface area contributed by atoms with Crippen molar-refractivity contribution in [3.05, 3.63) is 60.0 Å². The molecule has 2 aromatic carbocycles. The molecule has 0 amide bonds. The summed E-state index contributed by atoms with van der Waals surface area (Å²) >= 11 is 0. The molecule has 0 spiro atoms. The van der Waals surface area contributed by atoms with Gasteiger partial charge in [0.2, 0.25) is 5.82 Å². The van der Waals surface area contributed by atoms with E-state index in [1.165, 1.54) is 5.56 Å². The molecule has 5 heteroatoms. The van der Waals surface area contributed by atoms with E-state index in [0.717, 1.165) is 5.56 Å². The Hall–Kier alpha value is -2.82. The van der Waals surface area contributed by atoms with Gasteiger partial charge in [-0.1, -0.05) is 62.3 Å². The lowest BCUT2D eigenvalue weighted by Crippen LogP contribution is -2.10. The Morgan fingerprint density at radius 1 is 1.04 bits per heavy atom. The van der Waals surface area contributed by atoms with Gasteiger partial charge in [0.25, 0.3) is 5.89 Å². The second kappa shape index (κ2) is 6.35. The van der Waals surface area contributed by atoms with E-state index in [-0.39, 0.29) is 12.0 Å². The fourth-order valence-corrected chi connectivity index (χ4v) is 2.30. The number of hydrogen-bond acceptors (Lipinski definition) is 5. The van der Waals surface area contributed by atoms with E-state index in [1.807, 2.05) is 24.3 Å².